The molecule has 7 heteroatoms. The van der Waals surface area contributed by atoms with E-state index < -0.39 is 0 Å². The third-order valence-electron chi connectivity index (χ3n) is 5.14. The average molecular weight is 430 g/mol. The lowest BCUT2D eigenvalue weighted by atomic mass is 10.2. The van der Waals surface area contributed by atoms with Gasteiger partial charge in [0.05, 0.1) is 22.0 Å². The van der Waals surface area contributed by atoms with Crippen LogP contribution in [0.15, 0.2) is 42.6 Å². The summed E-state index contributed by atoms with van der Waals surface area (Å²) in [5.41, 5.74) is 8.13. The maximum absolute atomic E-state index is 9.51. The number of nitrogens with zero attached hydrogens (tertiary/aromatic N) is 2. The standard InChI is InChI=1S/C22H21Cl2N3O2/c23-6-8-28-22-15(13-25)9-17(12-20(22)24)27-7-5-14-10-18(3-4-21(14)27)29-19-2-1-16(26)11-19/h3-5,7,9-10,12,16,19H,1-2,6,8,11,26H2. The van der Waals surface area contributed by atoms with Gasteiger partial charge in [0, 0.05) is 23.3 Å². The van der Waals surface area contributed by atoms with Crippen molar-refractivity contribution >= 4 is 34.1 Å². The maximum Gasteiger partial charge on any atom is 0.155 e. The van der Waals surface area contributed by atoms with E-state index in [1.807, 2.05) is 35.0 Å². The molecule has 0 aliphatic heterocycles. The predicted octanol–water partition coefficient (Wildman–Crippen LogP) is 5.03. The van der Waals surface area contributed by atoms with Gasteiger partial charge in [-0.15, -0.1) is 11.6 Å². The highest BCUT2D eigenvalue weighted by atomic mass is 35.5. The lowest BCUT2D eigenvalue weighted by Crippen LogP contribution is -2.19. The van der Waals surface area contributed by atoms with E-state index >= 15 is 0 Å². The molecular weight excluding hydrogens is 409 g/mol. The molecule has 2 unspecified atom stereocenters. The first-order valence-electron chi connectivity index (χ1n) is 9.55. The van der Waals surface area contributed by atoms with Crippen LogP contribution < -0.4 is 15.2 Å². The van der Waals surface area contributed by atoms with E-state index in [4.69, 9.17) is 38.4 Å². The quantitative estimate of drug-likeness (QED) is 0.557. The second-order valence-corrected chi connectivity index (χ2v) is 7.96. The minimum absolute atomic E-state index is 0.182. The van der Waals surface area contributed by atoms with Crippen molar-refractivity contribution in [3.05, 3.63) is 53.2 Å². The maximum atomic E-state index is 9.51. The van der Waals surface area contributed by atoms with E-state index in [2.05, 4.69) is 6.07 Å². The topological polar surface area (TPSA) is 73.2 Å². The van der Waals surface area contributed by atoms with Crippen molar-refractivity contribution in [1.82, 2.24) is 4.57 Å². The minimum Gasteiger partial charge on any atom is -0.490 e. The molecule has 0 radical (unpaired) electrons. The molecule has 1 fully saturated rings. The number of fused-ring (bicyclic) bond motifs is 1. The van der Waals surface area contributed by atoms with Crippen molar-refractivity contribution in [1.29, 1.82) is 5.26 Å². The van der Waals surface area contributed by atoms with Crippen molar-refractivity contribution in [3.8, 4) is 23.3 Å². The summed E-state index contributed by atoms with van der Waals surface area (Å²) in [4.78, 5) is 0. The van der Waals surface area contributed by atoms with Crippen LogP contribution in [0.1, 0.15) is 24.8 Å². The first-order chi connectivity index (χ1) is 14.1. The molecule has 2 atom stereocenters. The van der Waals surface area contributed by atoms with Crippen LogP contribution in [0.3, 0.4) is 0 Å². The zero-order valence-electron chi connectivity index (χ0n) is 15.8. The molecule has 1 saturated carbocycles. The zero-order valence-corrected chi connectivity index (χ0v) is 17.3. The third-order valence-corrected chi connectivity index (χ3v) is 5.58. The molecule has 1 heterocycles. The number of nitriles is 1. The Labute approximate surface area is 179 Å². The summed E-state index contributed by atoms with van der Waals surface area (Å²) >= 11 is 12.1. The van der Waals surface area contributed by atoms with E-state index in [1.165, 1.54) is 0 Å². The van der Waals surface area contributed by atoms with Gasteiger partial charge in [-0.2, -0.15) is 5.26 Å². The zero-order chi connectivity index (χ0) is 20.4. The van der Waals surface area contributed by atoms with Crippen LogP contribution in [0.25, 0.3) is 16.6 Å². The number of halogens is 2. The van der Waals surface area contributed by atoms with Crippen molar-refractivity contribution in [2.45, 2.75) is 31.4 Å². The lowest BCUT2D eigenvalue weighted by Gasteiger charge is -2.14. The molecular formula is C22H21Cl2N3O2. The largest absolute Gasteiger partial charge is 0.490 e. The van der Waals surface area contributed by atoms with Gasteiger partial charge in [0.1, 0.15) is 24.5 Å². The summed E-state index contributed by atoms with van der Waals surface area (Å²) < 4.78 is 13.6. The fourth-order valence-corrected chi connectivity index (χ4v) is 4.13. The van der Waals surface area contributed by atoms with Gasteiger partial charge in [0.25, 0.3) is 0 Å². The Kier molecular flexibility index (Phi) is 5.86. The number of ether oxygens (including phenoxy) is 2. The molecule has 0 amide bonds. The van der Waals surface area contributed by atoms with Crippen LogP contribution in [0.4, 0.5) is 0 Å². The van der Waals surface area contributed by atoms with Crippen molar-refractivity contribution < 1.29 is 9.47 Å². The lowest BCUT2D eigenvalue weighted by molar-refractivity contribution is 0.208. The SMILES string of the molecule is N#Cc1cc(-n2ccc3cc(OC4CCC(N)C4)ccc32)cc(Cl)c1OCCCl. The summed E-state index contributed by atoms with van der Waals surface area (Å²) in [6.45, 7) is 0.288. The first-order valence-corrected chi connectivity index (χ1v) is 10.5. The van der Waals surface area contributed by atoms with E-state index in [9.17, 15) is 5.26 Å². The molecule has 0 saturated heterocycles. The highest BCUT2D eigenvalue weighted by Crippen LogP contribution is 2.34. The Morgan fingerprint density at radius 1 is 1.21 bits per heavy atom. The van der Waals surface area contributed by atoms with Crippen molar-refractivity contribution in [2.75, 3.05) is 12.5 Å². The number of benzene rings is 2. The van der Waals surface area contributed by atoms with Crippen LogP contribution >= 0.6 is 23.2 Å². The number of aromatic nitrogens is 1. The van der Waals surface area contributed by atoms with Gasteiger partial charge in [-0.1, -0.05) is 11.6 Å². The minimum atomic E-state index is 0.182. The van der Waals surface area contributed by atoms with Crippen molar-refractivity contribution in [2.24, 2.45) is 5.73 Å². The van der Waals surface area contributed by atoms with Gasteiger partial charge in [0.15, 0.2) is 5.75 Å². The molecule has 2 aromatic carbocycles. The molecule has 3 aromatic rings. The molecule has 1 aliphatic carbocycles. The number of hydrogen-bond donors (Lipinski definition) is 1. The average Bonchev–Trinajstić information content (AvgIpc) is 3.32. The normalized spacial score (nSPS) is 18.7. The number of rotatable bonds is 6. The molecule has 0 bridgehead atoms. The molecule has 29 heavy (non-hydrogen) atoms. The summed E-state index contributed by atoms with van der Waals surface area (Å²) in [5.74, 6) is 1.53. The van der Waals surface area contributed by atoms with Gasteiger partial charge < -0.3 is 19.8 Å². The van der Waals surface area contributed by atoms with Crippen molar-refractivity contribution in [3.63, 3.8) is 0 Å². The highest BCUT2D eigenvalue weighted by molar-refractivity contribution is 6.32. The molecule has 150 valence electrons. The van der Waals surface area contributed by atoms with Gasteiger partial charge in [-0.05, 0) is 55.7 Å². The first kappa shape index (κ1) is 19.9. The summed E-state index contributed by atoms with van der Waals surface area (Å²) in [6.07, 6.45) is 5.03. The summed E-state index contributed by atoms with van der Waals surface area (Å²) in [6, 6.07) is 14.0. The number of hydrogen-bond acceptors (Lipinski definition) is 4. The smallest absolute Gasteiger partial charge is 0.155 e. The summed E-state index contributed by atoms with van der Waals surface area (Å²) in [5, 5.41) is 10.9. The van der Waals surface area contributed by atoms with Crippen LogP contribution in [0.5, 0.6) is 11.5 Å². The Morgan fingerprint density at radius 3 is 2.79 bits per heavy atom. The Hall–Kier alpha value is -2.39. The van der Waals surface area contributed by atoms with Gasteiger partial charge in [0.2, 0.25) is 0 Å². The van der Waals surface area contributed by atoms with Gasteiger partial charge in [-0.25, -0.2) is 0 Å². The van der Waals surface area contributed by atoms with Crippen LogP contribution in [-0.4, -0.2) is 29.2 Å². The van der Waals surface area contributed by atoms with Crippen LogP contribution in [-0.2, 0) is 0 Å². The number of alkyl halides is 1. The van der Waals surface area contributed by atoms with Gasteiger partial charge >= 0.3 is 0 Å². The highest BCUT2D eigenvalue weighted by Gasteiger charge is 2.23. The molecule has 5 nitrogen and oxygen atoms in total. The monoisotopic (exact) mass is 429 g/mol. The second kappa shape index (κ2) is 8.54. The van der Waals surface area contributed by atoms with E-state index in [-0.39, 0.29) is 18.8 Å². The fourth-order valence-electron chi connectivity index (χ4n) is 3.78. The summed E-state index contributed by atoms with van der Waals surface area (Å²) in [7, 11) is 0. The molecule has 2 N–H and O–H groups in total. The Bertz CT molecular complexity index is 1070. The molecule has 1 aliphatic rings. The second-order valence-electron chi connectivity index (χ2n) is 7.17. The Balaban J connectivity index is 1.64. The Morgan fingerprint density at radius 2 is 2.07 bits per heavy atom. The molecule has 0 spiro atoms. The van der Waals surface area contributed by atoms with Crippen LogP contribution in [0.2, 0.25) is 5.02 Å². The van der Waals surface area contributed by atoms with Gasteiger partial charge in [-0.3, -0.25) is 0 Å². The van der Waals surface area contributed by atoms with E-state index in [1.54, 1.807) is 12.1 Å². The van der Waals surface area contributed by atoms with Crippen LogP contribution in [0, 0.1) is 11.3 Å². The fraction of sp³-hybridized carbons (Fsp3) is 0.318. The van der Waals surface area contributed by atoms with E-state index in [0.717, 1.165) is 41.6 Å². The third kappa shape index (κ3) is 4.16. The molecule has 4 rings (SSSR count). The van der Waals surface area contributed by atoms with E-state index in [0.29, 0.717) is 22.2 Å². The predicted molar refractivity (Wildman–Crippen MR) is 115 cm³/mol. The number of nitrogens with two attached hydrogens (primary N) is 1. The molecule has 1 aromatic heterocycles.